The van der Waals surface area contributed by atoms with Gasteiger partial charge in [0, 0.05) is 11.3 Å². The number of carbonyl (C=O) groups is 2. The van der Waals surface area contributed by atoms with Gasteiger partial charge in [0.25, 0.3) is 11.8 Å². The largest absolute Gasteiger partial charge is 0.503 e. The van der Waals surface area contributed by atoms with E-state index in [1.807, 2.05) is 0 Å². The number of ether oxygens (including phenoxy) is 1. The molecule has 0 aromatic heterocycles. The van der Waals surface area contributed by atoms with E-state index < -0.39 is 5.91 Å². The Bertz CT molecular complexity index is 1170. The van der Waals surface area contributed by atoms with E-state index in [1.54, 1.807) is 42.5 Å². The summed E-state index contributed by atoms with van der Waals surface area (Å²) in [6.45, 7) is 0. The van der Waals surface area contributed by atoms with Gasteiger partial charge in [-0.15, -0.1) is 0 Å². The van der Waals surface area contributed by atoms with Gasteiger partial charge in [-0.3, -0.25) is 9.59 Å². The van der Waals surface area contributed by atoms with Crippen molar-refractivity contribution in [2.24, 2.45) is 5.10 Å². The summed E-state index contributed by atoms with van der Waals surface area (Å²) < 4.78 is 5.02. The summed E-state index contributed by atoms with van der Waals surface area (Å²) in [5.41, 5.74) is 3.95. The predicted octanol–water partition coefficient (Wildman–Crippen LogP) is 4.72. The Kier molecular flexibility index (Phi) is 7.12. The summed E-state index contributed by atoms with van der Waals surface area (Å²) in [7, 11) is 1.39. The molecular weight excluding hydrogens is 441 g/mol. The molecule has 3 N–H and O–H groups in total. The highest BCUT2D eigenvalue weighted by Gasteiger charge is 2.12. The van der Waals surface area contributed by atoms with Crippen molar-refractivity contribution in [1.29, 1.82) is 0 Å². The summed E-state index contributed by atoms with van der Waals surface area (Å²) in [6, 6.07) is 16.0. The van der Waals surface area contributed by atoms with Crippen molar-refractivity contribution in [3.05, 3.63) is 87.4 Å². The van der Waals surface area contributed by atoms with Crippen LogP contribution in [0.25, 0.3) is 0 Å². The molecule has 2 amide bonds. The maximum atomic E-state index is 12.4. The van der Waals surface area contributed by atoms with Crippen molar-refractivity contribution in [3.8, 4) is 11.5 Å². The van der Waals surface area contributed by atoms with Gasteiger partial charge in [0.1, 0.15) is 0 Å². The van der Waals surface area contributed by atoms with Crippen LogP contribution in [0, 0.1) is 0 Å². The van der Waals surface area contributed by atoms with Crippen molar-refractivity contribution in [1.82, 2.24) is 5.43 Å². The van der Waals surface area contributed by atoms with E-state index in [0.717, 1.165) is 0 Å². The zero-order chi connectivity index (χ0) is 22.4. The number of benzene rings is 3. The second-order valence-corrected chi connectivity index (χ2v) is 7.08. The monoisotopic (exact) mass is 457 g/mol. The second kappa shape index (κ2) is 9.97. The van der Waals surface area contributed by atoms with Crippen LogP contribution in [0.2, 0.25) is 10.0 Å². The fourth-order valence-corrected chi connectivity index (χ4v) is 3.08. The molecule has 0 saturated carbocycles. The molecule has 0 spiro atoms. The van der Waals surface area contributed by atoms with Gasteiger partial charge in [-0.05, 0) is 48.0 Å². The molecule has 3 aromatic carbocycles. The number of halogens is 2. The van der Waals surface area contributed by atoms with Crippen molar-refractivity contribution in [3.63, 3.8) is 0 Å². The maximum absolute atomic E-state index is 12.4. The molecule has 0 radical (unpaired) electrons. The average molecular weight is 458 g/mol. The first-order valence-electron chi connectivity index (χ1n) is 8.95. The molecule has 0 unspecified atom stereocenters. The minimum Gasteiger partial charge on any atom is -0.503 e. The molecule has 0 aliphatic carbocycles. The van der Waals surface area contributed by atoms with Crippen molar-refractivity contribution < 1.29 is 19.4 Å². The number of amides is 2. The Morgan fingerprint density at radius 2 is 1.77 bits per heavy atom. The summed E-state index contributed by atoms with van der Waals surface area (Å²) >= 11 is 12.0. The number of phenolic OH excluding ortho intramolecular Hbond substituents is 1. The average Bonchev–Trinajstić information content (AvgIpc) is 2.76. The minimum absolute atomic E-state index is 0.0917. The number of aromatic hydroxyl groups is 1. The number of nitrogens with zero attached hydrogens (tertiary/aromatic N) is 1. The molecule has 31 heavy (non-hydrogen) atoms. The van der Waals surface area contributed by atoms with Gasteiger partial charge in [-0.2, -0.15) is 5.10 Å². The first kappa shape index (κ1) is 22.1. The van der Waals surface area contributed by atoms with Gasteiger partial charge in [-0.25, -0.2) is 5.43 Å². The van der Waals surface area contributed by atoms with Gasteiger partial charge < -0.3 is 15.2 Å². The summed E-state index contributed by atoms with van der Waals surface area (Å²) in [6.07, 6.45) is 1.36. The number of hydrazone groups is 1. The van der Waals surface area contributed by atoms with Crippen molar-refractivity contribution >= 4 is 46.9 Å². The van der Waals surface area contributed by atoms with E-state index in [4.69, 9.17) is 27.9 Å². The van der Waals surface area contributed by atoms with Crippen LogP contribution in [0.15, 0.2) is 65.8 Å². The van der Waals surface area contributed by atoms with Crippen molar-refractivity contribution in [2.45, 2.75) is 0 Å². The predicted molar refractivity (Wildman–Crippen MR) is 121 cm³/mol. The molecule has 0 fully saturated rings. The third-order valence-corrected chi connectivity index (χ3v) is 4.77. The molecular formula is C22H17Cl2N3O4. The highest BCUT2D eigenvalue weighted by atomic mass is 35.5. The van der Waals surface area contributed by atoms with E-state index in [2.05, 4.69) is 15.8 Å². The number of phenols is 1. The van der Waals surface area contributed by atoms with Gasteiger partial charge >= 0.3 is 0 Å². The first-order chi connectivity index (χ1) is 14.9. The Labute approximate surface area is 188 Å². The number of rotatable bonds is 6. The standard InChI is InChI=1S/C22H17Cl2N3O4/c1-31-19-10-13(9-18(24)20(19)28)12-25-27-21(29)14-5-4-6-15(11-14)26-22(30)16-7-2-3-8-17(16)23/h2-12,28H,1H3,(H,26,30)(H,27,29). The van der Waals surface area contributed by atoms with E-state index >= 15 is 0 Å². The lowest BCUT2D eigenvalue weighted by Gasteiger charge is -2.08. The van der Waals surface area contributed by atoms with Crippen LogP contribution in [0.5, 0.6) is 11.5 Å². The summed E-state index contributed by atoms with van der Waals surface area (Å²) in [5, 5.41) is 16.8. The molecule has 0 bridgehead atoms. The normalized spacial score (nSPS) is 10.7. The molecule has 3 aromatic rings. The van der Waals surface area contributed by atoms with Crippen LogP contribution in [0.1, 0.15) is 26.3 Å². The second-order valence-electron chi connectivity index (χ2n) is 6.27. The third kappa shape index (κ3) is 5.53. The topological polar surface area (TPSA) is 100 Å². The maximum Gasteiger partial charge on any atom is 0.271 e. The number of carbonyl (C=O) groups excluding carboxylic acids is 2. The molecule has 7 nitrogen and oxygen atoms in total. The smallest absolute Gasteiger partial charge is 0.271 e. The third-order valence-electron chi connectivity index (χ3n) is 4.15. The van der Waals surface area contributed by atoms with E-state index in [0.29, 0.717) is 21.8 Å². The lowest BCUT2D eigenvalue weighted by Crippen LogP contribution is -2.18. The lowest BCUT2D eigenvalue weighted by molar-refractivity contribution is 0.0953. The van der Waals surface area contributed by atoms with Gasteiger partial charge in [0.05, 0.1) is 28.9 Å². The number of nitrogens with one attached hydrogen (secondary N) is 2. The first-order valence-corrected chi connectivity index (χ1v) is 9.70. The van der Waals surface area contributed by atoms with Crippen LogP contribution in [-0.2, 0) is 0 Å². The van der Waals surface area contributed by atoms with Crippen molar-refractivity contribution in [2.75, 3.05) is 12.4 Å². The molecule has 3 rings (SSSR count). The molecule has 9 heteroatoms. The fourth-order valence-electron chi connectivity index (χ4n) is 2.64. The highest BCUT2D eigenvalue weighted by Crippen LogP contribution is 2.34. The van der Waals surface area contributed by atoms with E-state index in [1.165, 1.54) is 31.5 Å². The Morgan fingerprint density at radius 3 is 2.52 bits per heavy atom. The Morgan fingerprint density at radius 1 is 1.00 bits per heavy atom. The summed E-state index contributed by atoms with van der Waals surface area (Å²) in [5.74, 6) is -0.871. The molecule has 0 saturated heterocycles. The number of methoxy groups -OCH3 is 1. The minimum atomic E-state index is -0.484. The number of anilines is 1. The van der Waals surface area contributed by atoms with Crippen LogP contribution in [0.4, 0.5) is 5.69 Å². The fraction of sp³-hybridized carbons (Fsp3) is 0.0455. The van der Waals surface area contributed by atoms with E-state index in [9.17, 15) is 14.7 Å². The molecule has 158 valence electrons. The van der Waals surface area contributed by atoms with Crippen LogP contribution in [0.3, 0.4) is 0 Å². The molecule has 0 aliphatic heterocycles. The van der Waals surface area contributed by atoms with Gasteiger partial charge in [0.2, 0.25) is 0 Å². The molecule has 0 atom stereocenters. The summed E-state index contributed by atoms with van der Waals surface area (Å²) in [4.78, 5) is 24.8. The van der Waals surface area contributed by atoms with Crippen LogP contribution in [-0.4, -0.2) is 30.2 Å². The number of hydrogen-bond acceptors (Lipinski definition) is 5. The zero-order valence-corrected chi connectivity index (χ0v) is 17.7. The Balaban J connectivity index is 1.68. The van der Waals surface area contributed by atoms with Gasteiger partial charge in [-0.1, -0.05) is 41.4 Å². The molecule has 0 heterocycles. The van der Waals surface area contributed by atoms with E-state index in [-0.39, 0.29) is 28.0 Å². The van der Waals surface area contributed by atoms with Gasteiger partial charge in [0.15, 0.2) is 11.5 Å². The van der Waals surface area contributed by atoms with Crippen LogP contribution < -0.4 is 15.5 Å². The SMILES string of the molecule is COc1cc(C=NNC(=O)c2cccc(NC(=O)c3ccccc3Cl)c2)cc(Cl)c1O. The lowest BCUT2D eigenvalue weighted by atomic mass is 10.1. The van der Waals surface area contributed by atoms with Crippen LogP contribution >= 0.6 is 23.2 Å². The highest BCUT2D eigenvalue weighted by molar-refractivity contribution is 6.34. The quantitative estimate of drug-likeness (QED) is 0.368. The number of hydrogen-bond donors (Lipinski definition) is 3. The Hall–Kier alpha value is -3.55. The molecule has 0 aliphatic rings. The zero-order valence-electron chi connectivity index (χ0n) is 16.2.